The van der Waals surface area contributed by atoms with Crippen LogP contribution in [0.25, 0.3) is 21.5 Å². The zero-order valence-electron chi connectivity index (χ0n) is 15.3. The molecule has 0 heterocycles. The van der Waals surface area contributed by atoms with Crippen LogP contribution in [0.2, 0.25) is 0 Å². The van der Waals surface area contributed by atoms with Gasteiger partial charge in [0.2, 0.25) is 0 Å². The van der Waals surface area contributed by atoms with Crippen LogP contribution in [0.5, 0.6) is 0 Å². The summed E-state index contributed by atoms with van der Waals surface area (Å²) in [6, 6.07) is 29.1. The quantitative estimate of drug-likeness (QED) is 0.279. The molecule has 0 radical (unpaired) electrons. The van der Waals surface area contributed by atoms with E-state index in [1.165, 1.54) is 63.4 Å². The summed E-state index contributed by atoms with van der Waals surface area (Å²) in [6.45, 7) is 2.27. The molecule has 0 aromatic heterocycles. The summed E-state index contributed by atoms with van der Waals surface area (Å²) in [4.78, 5) is 0. The van der Waals surface area contributed by atoms with Crippen LogP contribution in [0.4, 0.5) is 0 Å². The van der Waals surface area contributed by atoms with Gasteiger partial charge in [-0.15, -0.1) is 0 Å². The van der Waals surface area contributed by atoms with E-state index in [-0.39, 0.29) is 0 Å². The minimum absolute atomic E-state index is 0.683. The molecule has 130 valence electrons. The van der Waals surface area contributed by atoms with Gasteiger partial charge < -0.3 is 0 Å². The molecule has 0 fully saturated rings. The van der Waals surface area contributed by atoms with Crippen molar-refractivity contribution in [3.05, 3.63) is 84.4 Å². The highest BCUT2D eigenvalue weighted by molar-refractivity contribution is 7.56. The second kappa shape index (κ2) is 8.02. The van der Waals surface area contributed by atoms with E-state index in [1.54, 1.807) is 0 Å². The van der Waals surface area contributed by atoms with Crippen LogP contribution in [0.1, 0.15) is 31.7 Å². The number of aryl methyl sites for hydroxylation is 1. The lowest BCUT2D eigenvalue weighted by molar-refractivity contribution is 0.720. The predicted octanol–water partition coefficient (Wildman–Crippen LogP) is 6.36. The molecule has 0 aliphatic rings. The molecule has 4 rings (SSSR count). The van der Waals surface area contributed by atoms with E-state index in [4.69, 9.17) is 0 Å². The molecule has 0 aliphatic carbocycles. The van der Waals surface area contributed by atoms with Crippen molar-refractivity contribution in [2.45, 2.75) is 32.6 Å². The Labute approximate surface area is 158 Å². The fraction of sp³-hybridized carbons (Fsp3) is 0.200. The topological polar surface area (TPSA) is 0 Å². The standard InChI is InChI=1S/C25H25P/c1-2-3-4-10-19-12-7-16-23-21(19)15-9-18-25(23)26-24-17-8-13-20-11-5-6-14-22(20)24/h5-9,11-18,26H,2-4,10H2,1H3. The Kier molecular flexibility index (Phi) is 5.32. The Morgan fingerprint density at radius 3 is 2.15 bits per heavy atom. The molecule has 0 N–H and O–H groups in total. The molecular weight excluding hydrogens is 331 g/mol. The maximum atomic E-state index is 2.31. The molecular formula is C25H25P. The smallest absolute Gasteiger partial charge is 0.0104 e. The normalized spacial score (nSPS) is 11.7. The molecule has 1 heteroatoms. The molecule has 0 bridgehead atoms. The fourth-order valence-corrected chi connectivity index (χ4v) is 5.11. The number of hydrogen-bond donors (Lipinski definition) is 0. The first-order valence-electron chi connectivity index (χ1n) is 9.62. The molecule has 0 aliphatic heterocycles. The van der Waals surface area contributed by atoms with Gasteiger partial charge in [-0.25, -0.2) is 0 Å². The van der Waals surface area contributed by atoms with E-state index in [2.05, 4.69) is 85.8 Å². The van der Waals surface area contributed by atoms with E-state index in [0.29, 0.717) is 8.58 Å². The second-order valence-electron chi connectivity index (χ2n) is 6.93. The van der Waals surface area contributed by atoms with E-state index in [0.717, 1.165) is 0 Å². The average molecular weight is 356 g/mol. The van der Waals surface area contributed by atoms with E-state index < -0.39 is 0 Å². The molecule has 0 spiro atoms. The molecule has 0 saturated carbocycles. The van der Waals surface area contributed by atoms with Crippen LogP contribution in [-0.2, 0) is 6.42 Å². The lowest BCUT2D eigenvalue weighted by atomic mass is 10.00. The third-order valence-electron chi connectivity index (χ3n) is 5.12. The average Bonchev–Trinajstić information content (AvgIpc) is 2.69. The van der Waals surface area contributed by atoms with Crippen molar-refractivity contribution in [3.63, 3.8) is 0 Å². The first-order valence-corrected chi connectivity index (χ1v) is 10.6. The number of rotatable bonds is 6. The molecule has 4 aromatic rings. The number of benzene rings is 4. The van der Waals surface area contributed by atoms with Crippen molar-refractivity contribution in [2.24, 2.45) is 0 Å². The van der Waals surface area contributed by atoms with E-state index >= 15 is 0 Å². The summed E-state index contributed by atoms with van der Waals surface area (Å²) in [5.41, 5.74) is 1.50. The summed E-state index contributed by atoms with van der Waals surface area (Å²) in [6.07, 6.45) is 5.06. The number of unbranched alkanes of at least 4 members (excludes halogenated alkanes) is 2. The Bertz CT molecular complexity index is 1030. The summed E-state index contributed by atoms with van der Waals surface area (Å²) in [5.74, 6) is 0. The van der Waals surface area contributed by atoms with Crippen molar-refractivity contribution in [1.29, 1.82) is 0 Å². The molecule has 0 nitrogen and oxygen atoms in total. The lowest BCUT2D eigenvalue weighted by Crippen LogP contribution is -2.06. The minimum Gasteiger partial charge on any atom is -0.0654 e. The first kappa shape index (κ1) is 17.3. The van der Waals surface area contributed by atoms with Crippen LogP contribution in [-0.4, -0.2) is 0 Å². The van der Waals surface area contributed by atoms with Crippen LogP contribution in [0.15, 0.2) is 78.9 Å². The van der Waals surface area contributed by atoms with Crippen LogP contribution in [0, 0.1) is 0 Å². The van der Waals surface area contributed by atoms with Gasteiger partial charge >= 0.3 is 0 Å². The summed E-state index contributed by atoms with van der Waals surface area (Å²) < 4.78 is 0. The second-order valence-corrected chi connectivity index (χ2v) is 8.25. The van der Waals surface area contributed by atoms with E-state index in [9.17, 15) is 0 Å². The van der Waals surface area contributed by atoms with Gasteiger partial charge in [-0.2, -0.15) is 0 Å². The van der Waals surface area contributed by atoms with Gasteiger partial charge in [-0.3, -0.25) is 0 Å². The summed E-state index contributed by atoms with van der Waals surface area (Å²) in [5, 5.41) is 8.47. The third-order valence-corrected chi connectivity index (χ3v) is 6.53. The molecule has 0 amide bonds. The molecule has 0 saturated heterocycles. The molecule has 1 unspecified atom stereocenters. The fourth-order valence-electron chi connectivity index (χ4n) is 3.75. The Morgan fingerprint density at radius 2 is 1.27 bits per heavy atom. The SMILES string of the molecule is CCCCCc1cccc2c(Pc3cccc4ccccc34)cccc12. The zero-order valence-corrected chi connectivity index (χ0v) is 16.3. The first-order chi connectivity index (χ1) is 12.9. The Hall–Kier alpha value is -2.17. The van der Waals surface area contributed by atoms with Crippen molar-refractivity contribution < 1.29 is 0 Å². The van der Waals surface area contributed by atoms with Gasteiger partial charge in [-0.05, 0) is 50.6 Å². The van der Waals surface area contributed by atoms with Crippen molar-refractivity contribution in [1.82, 2.24) is 0 Å². The Morgan fingerprint density at radius 1 is 0.615 bits per heavy atom. The van der Waals surface area contributed by atoms with Crippen molar-refractivity contribution in [3.8, 4) is 0 Å². The highest BCUT2D eigenvalue weighted by Gasteiger charge is 2.07. The van der Waals surface area contributed by atoms with Crippen LogP contribution in [0.3, 0.4) is 0 Å². The van der Waals surface area contributed by atoms with Gasteiger partial charge in [0.15, 0.2) is 0 Å². The summed E-state index contributed by atoms with van der Waals surface area (Å²) >= 11 is 0. The van der Waals surface area contributed by atoms with Gasteiger partial charge in [0.1, 0.15) is 0 Å². The van der Waals surface area contributed by atoms with Gasteiger partial charge in [-0.1, -0.05) is 107 Å². The minimum atomic E-state index is 0.683. The highest BCUT2D eigenvalue weighted by atomic mass is 31.1. The Balaban J connectivity index is 1.74. The van der Waals surface area contributed by atoms with Gasteiger partial charge in [0.25, 0.3) is 0 Å². The predicted molar refractivity (Wildman–Crippen MR) is 119 cm³/mol. The lowest BCUT2D eigenvalue weighted by Gasteiger charge is -2.12. The summed E-state index contributed by atoms with van der Waals surface area (Å²) in [7, 11) is 0.683. The molecule has 26 heavy (non-hydrogen) atoms. The zero-order chi connectivity index (χ0) is 17.8. The number of fused-ring (bicyclic) bond motifs is 2. The van der Waals surface area contributed by atoms with Crippen LogP contribution >= 0.6 is 8.58 Å². The highest BCUT2D eigenvalue weighted by Crippen LogP contribution is 2.26. The van der Waals surface area contributed by atoms with Crippen LogP contribution < -0.4 is 10.6 Å². The van der Waals surface area contributed by atoms with Gasteiger partial charge in [0, 0.05) is 0 Å². The molecule has 1 atom stereocenters. The van der Waals surface area contributed by atoms with Crippen molar-refractivity contribution in [2.75, 3.05) is 0 Å². The van der Waals surface area contributed by atoms with E-state index in [1.807, 2.05) is 0 Å². The maximum Gasteiger partial charge on any atom is -0.0104 e. The monoisotopic (exact) mass is 356 g/mol. The maximum absolute atomic E-state index is 2.31. The largest absolute Gasteiger partial charge is 0.0654 e. The molecule has 4 aromatic carbocycles. The van der Waals surface area contributed by atoms with Gasteiger partial charge in [0.05, 0.1) is 0 Å². The van der Waals surface area contributed by atoms with Crippen molar-refractivity contribution >= 4 is 40.7 Å². The number of hydrogen-bond acceptors (Lipinski definition) is 0. The third kappa shape index (κ3) is 3.53.